The average molecular weight is 246 g/mol. The molecule has 0 radical (unpaired) electrons. The summed E-state index contributed by atoms with van der Waals surface area (Å²) in [6, 6.07) is 8.95. The van der Waals surface area contributed by atoms with Crippen LogP contribution in [0.1, 0.15) is 43.7 Å². The lowest BCUT2D eigenvalue weighted by Gasteiger charge is -2.48. The molecule has 1 saturated carbocycles. The number of aliphatic hydroxyl groups is 1. The zero-order valence-corrected chi connectivity index (χ0v) is 11.3. The van der Waals surface area contributed by atoms with Crippen molar-refractivity contribution in [2.75, 3.05) is 19.8 Å². The second kappa shape index (κ2) is 4.07. The molecule has 0 spiro atoms. The molecule has 2 fully saturated rings. The van der Waals surface area contributed by atoms with E-state index in [1.807, 2.05) is 0 Å². The predicted octanol–water partition coefficient (Wildman–Crippen LogP) is 2.85. The number of hydrogen-bond acceptors (Lipinski definition) is 2. The van der Waals surface area contributed by atoms with Crippen molar-refractivity contribution in [3.8, 4) is 0 Å². The van der Waals surface area contributed by atoms with Crippen molar-refractivity contribution in [2.45, 2.75) is 38.0 Å². The molecular weight excluding hydrogens is 224 g/mol. The zero-order chi connectivity index (χ0) is 12.8. The fourth-order valence-electron chi connectivity index (χ4n) is 3.21. The van der Waals surface area contributed by atoms with Gasteiger partial charge in [0, 0.05) is 17.4 Å². The minimum atomic E-state index is 0.0806. The van der Waals surface area contributed by atoms with Gasteiger partial charge < -0.3 is 9.84 Å². The van der Waals surface area contributed by atoms with Crippen molar-refractivity contribution >= 4 is 0 Å². The topological polar surface area (TPSA) is 29.5 Å². The fraction of sp³-hybridized carbons (Fsp3) is 0.625. The van der Waals surface area contributed by atoms with E-state index in [4.69, 9.17) is 4.74 Å². The van der Waals surface area contributed by atoms with Gasteiger partial charge in [0.2, 0.25) is 0 Å². The molecule has 0 bridgehead atoms. The van der Waals surface area contributed by atoms with Crippen LogP contribution in [-0.4, -0.2) is 24.9 Å². The lowest BCUT2D eigenvalue weighted by atomic mass is 9.66. The first-order valence-electron chi connectivity index (χ1n) is 6.93. The Balaban J connectivity index is 1.93. The monoisotopic (exact) mass is 246 g/mol. The Morgan fingerprint density at radius 3 is 2.11 bits per heavy atom. The predicted molar refractivity (Wildman–Crippen MR) is 71.8 cm³/mol. The third-order valence-electron chi connectivity index (χ3n) is 5.00. The summed E-state index contributed by atoms with van der Waals surface area (Å²) in [7, 11) is 0. The van der Waals surface area contributed by atoms with Gasteiger partial charge in [-0.3, -0.25) is 0 Å². The lowest BCUT2D eigenvalue weighted by molar-refractivity contribution is -0.110. The lowest BCUT2D eigenvalue weighted by Crippen LogP contribution is -2.54. The molecule has 1 aromatic carbocycles. The van der Waals surface area contributed by atoms with Crippen LogP contribution in [0.4, 0.5) is 0 Å². The smallest absolute Gasteiger partial charge is 0.0591 e. The molecule has 1 aliphatic heterocycles. The average Bonchev–Trinajstić information content (AvgIpc) is 3.10. The minimum Gasteiger partial charge on any atom is -0.396 e. The zero-order valence-electron chi connectivity index (χ0n) is 11.3. The van der Waals surface area contributed by atoms with Gasteiger partial charge in [-0.15, -0.1) is 0 Å². The van der Waals surface area contributed by atoms with Crippen LogP contribution in [0, 0.1) is 5.41 Å². The van der Waals surface area contributed by atoms with Gasteiger partial charge in [-0.1, -0.05) is 38.1 Å². The molecule has 18 heavy (non-hydrogen) atoms. The van der Waals surface area contributed by atoms with E-state index >= 15 is 0 Å². The van der Waals surface area contributed by atoms with Crippen LogP contribution < -0.4 is 0 Å². The Labute approximate surface area is 109 Å². The molecule has 0 unspecified atom stereocenters. The summed E-state index contributed by atoms with van der Waals surface area (Å²) in [5.41, 5.74) is 2.91. The van der Waals surface area contributed by atoms with Crippen LogP contribution in [0.25, 0.3) is 0 Å². The molecule has 0 aromatic heterocycles. The van der Waals surface area contributed by atoms with Crippen LogP contribution in [0.3, 0.4) is 0 Å². The second-order valence-corrected chi connectivity index (χ2v) is 6.29. The molecule has 1 saturated heterocycles. The maximum atomic E-state index is 9.71. The molecule has 98 valence electrons. The highest BCUT2D eigenvalue weighted by atomic mass is 16.5. The highest BCUT2D eigenvalue weighted by molar-refractivity contribution is 5.37. The molecule has 1 aliphatic carbocycles. The number of hydrogen-bond donors (Lipinski definition) is 1. The maximum Gasteiger partial charge on any atom is 0.0591 e. The molecule has 3 rings (SSSR count). The van der Waals surface area contributed by atoms with Gasteiger partial charge >= 0.3 is 0 Å². The van der Waals surface area contributed by atoms with E-state index in [2.05, 4.69) is 38.1 Å². The van der Waals surface area contributed by atoms with E-state index in [9.17, 15) is 5.11 Å². The SMILES string of the molecule is CC(C)c1ccc(C2(C3(CO)CC3)COC2)cc1. The van der Waals surface area contributed by atoms with Crippen molar-refractivity contribution in [3.05, 3.63) is 35.4 Å². The molecule has 0 atom stereocenters. The third-order valence-corrected chi connectivity index (χ3v) is 5.00. The molecule has 1 aromatic rings. The molecule has 2 heteroatoms. The summed E-state index contributed by atoms with van der Waals surface area (Å²) in [4.78, 5) is 0. The van der Waals surface area contributed by atoms with Crippen molar-refractivity contribution in [3.63, 3.8) is 0 Å². The van der Waals surface area contributed by atoms with E-state index in [-0.39, 0.29) is 10.8 Å². The summed E-state index contributed by atoms with van der Waals surface area (Å²) >= 11 is 0. The summed E-state index contributed by atoms with van der Waals surface area (Å²) in [5, 5.41) is 9.71. The Hall–Kier alpha value is -0.860. The quantitative estimate of drug-likeness (QED) is 0.885. The van der Waals surface area contributed by atoms with Gasteiger partial charge in [0.05, 0.1) is 13.2 Å². The highest BCUT2D eigenvalue weighted by Crippen LogP contribution is 2.62. The van der Waals surface area contributed by atoms with Crippen molar-refractivity contribution in [1.29, 1.82) is 0 Å². The molecular formula is C16H22O2. The van der Waals surface area contributed by atoms with Crippen LogP contribution in [0.5, 0.6) is 0 Å². The van der Waals surface area contributed by atoms with Crippen LogP contribution in [0.15, 0.2) is 24.3 Å². The summed E-state index contributed by atoms with van der Waals surface area (Å²) in [5.74, 6) is 0.570. The molecule has 1 N–H and O–H groups in total. The van der Waals surface area contributed by atoms with E-state index in [1.54, 1.807) is 0 Å². The fourth-order valence-corrected chi connectivity index (χ4v) is 3.21. The number of benzene rings is 1. The Bertz CT molecular complexity index is 425. The highest BCUT2D eigenvalue weighted by Gasteiger charge is 2.63. The molecule has 2 aliphatic rings. The van der Waals surface area contributed by atoms with E-state index < -0.39 is 0 Å². The van der Waals surface area contributed by atoms with E-state index in [0.29, 0.717) is 12.5 Å². The van der Waals surface area contributed by atoms with Gasteiger partial charge in [0.25, 0.3) is 0 Å². The van der Waals surface area contributed by atoms with Crippen molar-refractivity contribution in [2.24, 2.45) is 5.41 Å². The van der Waals surface area contributed by atoms with Gasteiger partial charge in [-0.25, -0.2) is 0 Å². The van der Waals surface area contributed by atoms with Crippen LogP contribution in [0.2, 0.25) is 0 Å². The first kappa shape index (κ1) is 12.2. The first-order valence-corrected chi connectivity index (χ1v) is 6.93. The molecule has 1 heterocycles. The van der Waals surface area contributed by atoms with Gasteiger partial charge in [-0.2, -0.15) is 0 Å². The second-order valence-electron chi connectivity index (χ2n) is 6.29. The number of aliphatic hydroxyl groups excluding tert-OH is 1. The van der Waals surface area contributed by atoms with Crippen molar-refractivity contribution < 1.29 is 9.84 Å². The van der Waals surface area contributed by atoms with Crippen LogP contribution >= 0.6 is 0 Å². The summed E-state index contributed by atoms with van der Waals surface area (Å²) in [6.45, 7) is 6.27. The standard InChI is InChI=1S/C16H22O2/c1-12(2)13-3-5-14(6-4-13)16(10-18-11-16)15(9-17)7-8-15/h3-6,12,17H,7-11H2,1-2H3. The number of ether oxygens (including phenoxy) is 1. The normalized spacial score (nSPS) is 23.8. The first-order chi connectivity index (χ1) is 8.63. The van der Waals surface area contributed by atoms with Gasteiger partial charge in [0.15, 0.2) is 0 Å². The van der Waals surface area contributed by atoms with Crippen molar-refractivity contribution in [1.82, 2.24) is 0 Å². The minimum absolute atomic E-state index is 0.0806. The number of rotatable bonds is 4. The Morgan fingerprint density at radius 1 is 1.17 bits per heavy atom. The Kier molecular flexibility index (Phi) is 2.76. The summed E-state index contributed by atoms with van der Waals surface area (Å²) in [6.07, 6.45) is 2.28. The maximum absolute atomic E-state index is 9.71. The Morgan fingerprint density at radius 2 is 1.78 bits per heavy atom. The van der Waals surface area contributed by atoms with Crippen LogP contribution in [-0.2, 0) is 10.2 Å². The molecule has 2 nitrogen and oxygen atoms in total. The summed E-state index contributed by atoms with van der Waals surface area (Å²) < 4.78 is 5.49. The van der Waals surface area contributed by atoms with Gasteiger partial charge in [0.1, 0.15) is 0 Å². The van der Waals surface area contributed by atoms with E-state index in [0.717, 1.165) is 26.1 Å². The van der Waals surface area contributed by atoms with Gasteiger partial charge in [-0.05, 0) is 29.9 Å². The molecule has 0 amide bonds. The van der Waals surface area contributed by atoms with E-state index in [1.165, 1.54) is 11.1 Å². The largest absolute Gasteiger partial charge is 0.396 e. The third kappa shape index (κ3) is 1.55.